The smallest absolute Gasteiger partial charge is 0.253 e. The highest BCUT2D eigenvalue weighted by Gasteiger charge is 2.09. The average molecular weight is 515 g/mol. The van der Waals surface area contributed by atoms with Crippen molar-refractivity contribution in [3.63, 3.8) is 0 Å². The van der Waals surface area contributed by atoms with E-state index in [4.69, 9.17) is 0 Å². The van der Waals surface area contributed by atoms with Gasteiger partial charge in [0.05, 0.1) is 6.54 Å². The number of likely N-dealkylation sites (tertiary alicyclic amines) is 1. The first-order chi connectivity index (χ1) is 13.6. The Morgan fingerprint density at radius 3 is 2.31 bits per heavy atom. The third-order valence-corrected chi connectivity index (χ3v) is 5.01. The molecule has 1 aliphatic rings. The van der Waals surface area contributed by atoms with Gasteiger partial charge in [0.2, 0.25) is 0 Å². The Hall–Kier alpha value is -1.35. The van der Waals surface area contributed by atoms with E-state index in [1.54, 1.807) is 19.0 Å². The molecule has 0 atom stereocenters. The molecule has 0 aliphatic carbocycles. The first kappa shape index (κ1) is 25.7. The number of hydrogen-bond acceptors (Lipinski definition) is 3. The van der Waals surface area contributed by atoms with Crippen molar-refractivity contribution in [2.24, 2.45) is 4.99 Å². The van der Waals surface area contributed by atoms with Gasteiger partial charge >= 0.3 is 0 Å². The molecule has 1 saturated heterocycles. The highest BCUT2D eigenvalue weighted by molar-refractivity contribution is 14.0. The van der Waals surface area contributed by atoms with Crippen molar-refractivity contribution in [3.05, 3.63) is 35.4 Å². The minimum atomic E-state index is 0. The summed E-state index contributed by atoms with van der Waals surface area (Å²) in [5.74, 6) is 0.876. The highest BCUT2D eigenvalue weighted by Crippen LogP contribution is 2.10. The van der Waals surface area contributed by atoms with Gasteiger partial charge in [0, 0.05) is 32.7 Å². The lowest BCUT2D eigenvalue weighted by Crippen LogP contribution is -2.39. The van der Waals surface area contributed by atoms with Crippen LogP contribution in [0.5, 0.6) is 0 Å². The first-order valence-corrected chi connectivity index (χ1v) is 10.6. The summed E-state index contributed by atoms with van der Waals surface area (Å²) in [5, 5.41) is 6.75. The second-order valence-corrected chi connectivity index (χ2v) is 7.63. The summed E-state index contributed by atoms with van der Waals surface area (Å²) in [5.41, 5.74) is 1.80. The third kappa shape index (κ3) is 9.80. The van der Waals surface area contributed by atoms with E-state index in [0.29, 0.717) is 12.1 Å². The monoisotopic (exact) mass is 515 g/mol. The Balaban J connectivity index is 0.00000420. The maximum Gasteiger partial charge on any atom is 0.253 e. The van der Waals surface area contributed by atoms with Gasteiger partial charge in [-0.2, -0.15) is 0 Å². The Morgan fingerprint density at radius 1 is 1.07 bits per heavy atom. The van der Waals surface area contributed by atoms with Gasteiger partial charge in [-0.05, 0) is 63.5 Å². The van der Waals surface area contributed by atoms with Crippen LogP contribution in [0.25, 0.3) is 0 Å². The van der Waals surface area contributed by atoms with E-state index in [-0.39, 0.29) is 29.9 Å². The minimum absolute atomic E-state index is 0. The number of benzene rings is 1. The van der Waals surface area contributed by atoms with E-state index in [1.807, 2.05) is 24.3 Å². The van der Waals surface area contributed by atoms with Crippen LogP contribution in [0.4, 0.5) is 0 Å². The lowest BCUT2D eigenvalue weighted by molar-refractivity contribution is 0.0827. The quantitative estimate of drug-likeness (QED) is 0.242. The number of rotatable bonds is 8. The summed E-state index contributed by atoms with van der Waals surface area (Å²) in [7, 11) is 3.53. The van der Waals surface area contributed by atoms with Crippen LogP contribution in [0.1, 0.15) is 54.9 Å². The molecule has 0 unspecified atom stereocenters. The van der Waals surface area contributed by atoms with Crippen molar-refractivity contribution < 1.29 is 4.79 Å². The van der Waals surface area contributed by atoms with Gasteiger partial charge in [-0.3, -0.25) is 4.79 Å². The zero-order chi connectivity index (χ0) is 20.2. The Labute approximate surface area is 193 Å². The van der Waals surface area contributed by atoms with Gasteiger partial charge in [0.15, 0.2) is 5.96 Å². The standard InChI is InChI=1S/C22H37N5O.HI/c1-4-23-22(24-14-9-17-27-15-7-5-6-8-16-27)25-18-19-10-12-20(13-11-19)21(28)26(2)3;/h10-13H,4-9,14-18H2,1-3H3,(H2,23,24,25);1H. The molecule has 2 rings (SSSR count). The summed E-state index contributed by atoms with van der Waals surface area (Å²) >= 11 is 0. The number of aliphatic imine (C=N–C) groups is 1. The molecule has 1 fully saturated rings. The van der Waals surface area contributed by atoms with Crippen molar-refractivity contribution in [2.45, 2.75) is 45.6 Å². The molecule has 1 aromatic carbocycles. The number of carbonyl (C=O) groups excluding carboxylic acids is 1. The Kier molecular flexibility index (Phi) is 12.9. The first-order valence-electron chi connectivity index (χ1n) is 10.6. The second kappa shape index (κ2) is 14.6. The predicted octanol–water partition coefficient (Wildman–Crippen LogP) is 3.33. The molecule has 0 spiro atoms. The van der Waals surface area contributed by atoms with Crippen molar-refractivity contribution in [2.75, 3.05) is 46.8 Å². The van der Waals surface area contributed by atoms with Gasteiger partial charge < -0.3 is 20.4 Å². The third-order valence-electron chi connectivity index (χ3n) is 5.01. The Bertz CT molecular complexity index is 610. The van der Waals surface area contributed by atoms with Crippen LogP contribution in [0.2, 0.25) is 0 Å². The molecular weight excluding hydrogens is 477 g/mol. The van der Waals surface area contributed by atoms with Gasteiger partial charge in [0.25, 0.3) is 5.91 Å². The lowest BCUT2D eigenvalue weighted by Gasteiger charge is -2.20. The van der Waals surface area contributed by atoms with E-state index in [1.165, 1.54) is 38.8 Å². The summed E-state index contributed by atoms with van der Waals surface area (Å²) in [6.07, 6.45) is 6.59. The lowest BCUT2D eigenvalue weighted by atomic mass is 10.1. The maximum absolute atomic E-state index is 12.0. The fourth-order valence-corrected chi connectivity index (χ4v) is 3.39. The molecule has 2 N–H and O–H groups in total. The van der Waals surface area contributed by atoms with Crippen molar-refractivity contribution in [1.82, 2.24) is 20.4 Å². The number of halogens is 1. The summed E-state index contributed by atoms with van der Waals surface area (Å²) in [6, 6.07) is 7.69. The number of hydrogen-bond donors (Lipinski definition) is 2. The van der Waals surface area contributed by atoms with Crippen LogP contribution in [0, 0.1) is 0 Å². The van der Waals surface area contributed by atoms with Crippen LogP contribution in [0.15, 0.2) is 29.3 Å². The fourth-order valence-electron chi connectivity index (χ4n) is 3.39. The zero-order valence-electron chi connectivity index (χ0n) is 18.2. The fraction of sp³-hybridized carbons (Fsp3) is 0.636. The van der Waals surface area contributed by atoms with E-state index in [0.717, 1.165) is 37.6 Å². The van der Waals surface area contributed by atoms with Crippen LogP contribution >= 0.6 is 24.0 Å². The predicted molar refractivity (Wildman–Crippen MR) is 132 cm³/mol. The molecule has 6 nitrogen and oxygen atoms in total. The number of amides is 1. The highest BCUT2D eigenvalue weighted by atomic mass is 127. The molecule has 0 saturated carbocycles. The maximum atomic E-state index is 12.0. The van der Waals surface area contributed by atoms with Crippen LogP contribution in [-0.2, 0) is 6.54 Å². The van der Waals surface area contributed by atoms with E-state index >= 15 is 0 Å². The van der Waals surface area contributed by atoms with Gasteiger partial charge in [0.1, 0.15) is 0 Å². The molecule has 1 heterocycles. The average Bonchev–Trinajstić information content (AvgIpc) is 2.98. The van der Waals surface area contributed by atoms with Gasteiger partial charge in [-0.25, -0.2) is 4.99 Å². The molecule has 0 aromatic heterocycles. The SMILES string of the molecule is CCNC(=NCc1ccc(C(=O)N(C)C)cc1)NCCCN1CCCCCC1.I. The van der Waals surface area contributed by atoms with Crippen molar-refractivity contribution in [3.8, 4) is 0 Å². The van der Waals surface area contributed by atoms with E-state index in [9.17, 15) is 4.79 Å². The zero-order valence-corrected chi connectivity index (χ0v) is 20.6. The van der Waals surface area contributed by atoms with Crippen LogP contribution in [-0.4, -0.2) is 68.5 Å². The summed E-state index contributed by atoms with van der Waals surface area (Å²) in [6.45, 7) is 8.11. The molecule has 29 heavy (non-hydrogen) atoms. The van der Waals surface area contributed by atoms with Gasteiger partial charge in [-0.15, -0.1) is 24.0 Å². The van der Waals surface area contributed by atoms with E-state index in [2.05, 4.69) is 27.4 Å². The Morgan fingerprint density at radius 2 is 1.72 bits per heavy atom. The largest absolute Gasteiger partial charge is 0.357 e. The molecule has 7 heteroatoms. The number of nitrogens with zero attached hydrogens (tertiary/aromatic N) is 3. The van der Waals surface area contributed by atoms with Crippen molar-refractivity contribution in [1.29, 1.82) is 0 Å². The minimum Gasteiger partial charge on any atom is -0.357 e. The van der Waals surface area contributed by atoms with Crippen LogP contribution in [0.3, 0.4) is 0 Å². The number of nitrogens with one attached hydrogen (secondary N) is 2. The molecule has 1 amide bonds. The molecule has 0 radical (unpaired) electrons. The van der Waals surface area contributed by atoms with Crippen LogP contribution < -0.4 is 10.6 Å². The van der Waals surface area contributed by atoms with Gasteiger partial charge in [-0.1, -0.05) is 25.0 Å². The van der Waals surface area contributed by atoms with Crippen molar-refractivity contribution >= 4 is 35.8 Å². The topological polar surface area (TPSA) is 60.0 Å². The number of carbonyl (C=O) groups is 1. The molecule has 0 bridgehead atoms. The molecule has 1 aromatic rings. The number of guanidine groups is 1. The summed E-state index contributed by atoms with van der Waals surface area (Å²) < 4.78 is 0. The molecule has 1 aliphatic heterocycles. The van der Waals surface area contributed by atoms with E-state index < -0.39 is 0 Å². The second-order valence-electron chi connectivity index (χ2n) is 7.63. The molecule has 164 valence electrons. The molecular formula is C22H38IN5O. The summed E-state index contributed by atoms with van der Waals surface area (Å²) in [4.78, 5) is 20.8. The normalized spacial score (nSPS) is 15.2.